The largest absolute Gasteiger partial charge is 0.448 e. The van der Waals surface area contributed by atoms with Crippen LogP contribution in [0.2, 0.25) is 0 Å². The second kappa shape index (κ2) is 8.44. The highest BCUT2D eigenvalue weighted by Crippen LogP contribution is 2.16. The van der Waals surface area contributed by atoms with Crippen LogP contribution >= 0.6 is 0 Å². The van der Waals surface area contributed by atoms with Crippen LogP contribution in [0.5, 0.6) is 0 Å². The fraction of sp³-hybridized carbons (Fsp3) is 0.667. The van der Waals surface area contributed by atoms with Gasteiger partial charge in [0.15, 0.2) is 17.4 Å². The number of carbonyl (C=O) groups excluding carboxylic acids is 1. The van der Waals surface area contributed by atoms with E-state index in [1.54, 1.807) is 11.8 Å². The van der Waals surface area contributed by atoms with Gasteiger partial charge >= 0.3 is 0 Å². The lowest BCUT2D eigenvalue weighted by atomic mass is 10.1. The first-order valence-electron chi connectivity index (χ1n) is 9.15. The Kier molecular flexibility index (Phi) is 6.03. The Labute approximate surface area is 152 Å². The van der Waals surface area contributed by atoms with Crippen LogP contribution in [0.1, 0.15) is 54.8 Å². The van der Waals surface area contributed by atoms with Crippen molar-refractivity contribution in [2.45, 2.75) is 52.6 Å². The first-order chi connectivity index (χ1) is 12.5. The summed E-state index contributed by atoms with van der Waals surface area (Å²) in [6, 6.07) is 0. The fourth-order valence-corrected chi connectivity index (χ4v) is 3.02. The van der Waals surface area contributed by atoms with E-state index < -0.39 is 0 Å². The molecule has 142 valence electrons. The molecule has 0 spiro atoms. The Morgan fingerprint density at radius 2 is 2.27 bits per heavy atom. The highest BCUT2D eigenvalue weighted by Gasteiger charge is 2.26. The summed E-state index contributed by atoms with van der Waals surface area (Å²) in [5, 5.41) is 3.99. The van der Waals surface area contributed by atoms with E-state index in [2.05, 4.69) is 29.0 Å². The van der Waals surface area contributed by atoms with E-state index in [9.17, 15) is 4.79 Å². The van der Waals surface area contributed by atoms with E-state index in [0.717, 1.165) is 19.3 Å². The van der Waals surface area contributed by atoms with Crippen molar-refractivity contribution in [1.29, 1.82) is 0 Å². The number of oxazole rings is 1. The van der Waals surface area contributed by atoms with Gasteiger partial charge in [-0.15, -0.1) is 0 Å². The molecule has 8 heteroatoms. The Hall–Kier alpha value is -2.22. The maximum Gasteiger partial charge on any atom is 0.275 e. The van der Waals surface area contributed by atoms with Crippen molar-refractivity contribution < 1.29 is 18.5 Å². The molecule has 0 N–H and O–H groups in total. The molecular formula is C18H26N4O4. The molecule has 3 rings (SSSR count). The molecule has 2 aromatic heterocycles. The van der Waals surface area contributed by atoms with Crippen LogP contribution in [-0.4, -0.2) is 51.7 Å². The predicted molar refractivity (Wildman–Crippen MR) is 92.7 cm³/mol. The van der Waals surface area contributed by atoms with E-state index in [1.807, 2.05) is 0 Å². The predicted octanol–water partition coefficient (Wildman–Crippen LogP) is 2.43. The molecule has 1 unspecified atom stereocenters. The molecule has 1 saturated heterocycles. The van der Waals surface area contributed by atoms with Gasteiger partial charge in [-0.1, -0.05) is 19.0 Å². The molecule has 0 aromatic carbocycles. The van der Waals surface area contributed by atoms with Crippen molar-refractivity contribution in [2.75, 3.05) is 19.7 Å². The number of nitrogens with zero attached hydrogens (tertiary/aromatic N) is 4. The first kappa shape index (κ1) is 18.6. The smallest absolute Gasteiger partial charge is 0.275 e. The summed E-state index contributed by atoms with van der Waals surface area (Å²) >= 11 is 0. The van der Waals surface area contributed by atoms with E-state index in [0.29, 0.717) is 55.3 Å². The molecular weight excluding hydrogens is 336 g/mol. The highest BCUT2D eigenvalue weighted by molar-refractivity contribution is 5.92. The van der Waals surface area contributed by atoms with Gasteiger partial charge in [-0.05, 0) is 18.8 Å². The maximum atomic E-state index is 12.5. The standard InChI is InChI=1S/C18H26N4O4/c1-12(2)9-17-20-16(21-26-17)6-8-24-14-5-4-7-22(10-14)18(23)15-11-25-13(3)19-15/h11-12,14H,4-10H2,1-3H3. The molecule has 1 aliphatic heterocycles. The van der Waals surface area contributed by atoms with Crippen LogP contribution in [0.15, 0.2) is 15.2 Å². The van der Waals surface area contributed by atoms with Gasteiger partial charge in [-0.25, -0.2) is 4.98 Å². The third-order valence-corrected chi connectivity index (χ3v) is 4.28. The average molecular weight is 362 g/mol. The molecule has 1 aliphatic rings. The van der Waals surface area contributed by atoms with Crippen LogP contribution in [0, 0.1) is 12.8 Å². The number of rotatable bonds is 7. The summed E-state index contributed by atoms with van der Waals surface area (Å²) in [5.41, 5.74) is 0.354. The molecule has 26 heavy (non-hydrogen) atoms. The SMILES string of the molecule is Cc1nc(C(=O)N2CCCC(OCCc3noc(CC(C)C)n3)C2)co1. The van der Waals surface area contributed by atoms with Gasteiger partial charge in [0.25, 0.3) is 5.91 Å². The summed E-state index contributed by atoms with van der Waals surface area (Å²) in [6.07, 6.45) is 4.67. The molecule has 0 radical (unpaired) electrons. The van der Waals surface area contributed by atoms with Gasteiger partial charge in [-0.3, -0.25) is 4.79 Å². The number of aromatic nitrogens is 3. The number of ether oxygens (including phenoxy) is 1. The summed E-state index contributed by atoms with van der Waals surface area (Å²) in [6.45, 7) is 7.75. The van der Waals surface area contributed by atoms with E-state index in [4.69, 9.17) is 13.7 Å². The topological polar surface area (TPSA) is 94.5 Å². The van der Waals surface area contributed by atoms with Crippen LogP contribution in [0.4, 0.5) is 0 Å². The van der Waals surface area contributed by atoms with Crippen molar-refractivity contribution >= 4 is 5.91 Å². The maximum absolute atomic E-state index is 12.5. The second-order valence-corrected chi connectivity index (χ2v) is 7.09. The first-order valence-corrected chi connectivity index (χ1v) is 9.15. The van der Waals surface area contributed by atoms with Gasteiger partial charge < -0.3 is 18.6 Å². The van der Waals surface area contributed by atoms with E-state index in [1.165, 1.54) is 6.26 Å². The summed E-state index contributed by atoms with van der Waals surface area (Å²) in [4.78, 5) is 22.7. The Morgan fingerprint density at radius 3 is 3.00 bits per heavy atom. The van der Waals surface area contributed by atoms with Gasteiger partial charge in [0.1, 0.15) is 6.26 Å². The zero-order valence-electron chi connectivity index (χ0n) is 15.6. The quantitative estimate of drug-likeness (QED) is 0.746. The molecule has 8 nitrogen and oxygen atoms in total. The van der Waals surface area contributed by atoms with Crippen LogP contribution < -0.4 is 0 Å². The lowest BCUT2D eigenvalue weighted by Gasteiger charge is -2.32. The minimum absolute atomic E-state index is 0.0164. The molecule has 1 fully saturated rings. The minimum Gasteiger partial charge on any atom is -0.448 e. The van der Waals surface area contributed by atoms with Gasteiger partial charge in [0.05, 0.1) is 12.7 Å². The zero-order chi connectivity index (χ0) is 18.5. The lowest BCUT2D eigenvalue weighted by molar-refractivity contribution is 0.00232. The monoisotopic (exact) mass is 362 g/mol. The number of hydrogen-bond donors (Lipinski definition) is 0. The van der Waals surface area contributed by atoms with Gasteiger partial charge in [0, 0.05) is 32.9 Å². The van der Waals surface area contributed by atoms with Crippen molar-refractivity contribution in [1.82, 2.24) is 20.0 Å². The zero-order valence-corrected chi connectivity index (χ0v) is 15.6. The third kappa shape index (κ3) is 4.91. The molecule has 2 aromatic rings. The molecule has 0 aliphatic carbocycles. The van der Waals surface area contributed by atoms with E-state index in [-0.39, 0.29) is 12.0 Å². The fourth-order valence-electron chi connectivity index (χ4n) is 3.02. The van der Waals surface area contributed by atoms with Crippen molar-refractivity contribution in [3.63, 3.8) is 0 Å². The van der Waals surface area contributed by atoms with Crippen molar-refractivity contribution in [3.05, 3.63) is 29.6 Å². The molecule has 0 saturated carbocycles. The molecule has 3 heterocycles. The van der Waals surface area contributed by atoms with Crippen molar-refractivity contribution in [3.8, 4) is 0 Å². The summed E-state index contributed by atoms with van der Waals surface area (Å²) in [5.74, 6) is 2.22. The number of likely N-dealkylation sites (tertiary alicyclic amines) is 1. The summed E-state index contributed by atoms with van der Waals surface area (Å²) in [7, 11) is 0. The highest BCUT2D eigenvalue weighted by atomic mass is 16.5. The number of aryl methyl sites for hydroxylation is 1. The van der Waals surface area contributed by atoms with Gasteiger partial charge in [-0.2, -0.15) is 4.98 Å². The normalized spacial score (nSPS) is 17.8. The minimum atomic E-state index is -0.105. The Bertz CT molecular complexity index is 724. The third-order valence-electron chi connectivity index (χ3n) is 4.28. The Morgan fingerprint density at radius 1 is 1.42 bits per heavy atom. The average Bonchev–Trinajstić information content (AvgIpc) is 3.23. The van der Waals surface area contributed by atoms with Crippen LogP contribution in [0.3, 0.4) is 0 Å². The summed E-state index contributed by atoms with van der Waals surface area (Å²) < 4.78 is 16.3. The lowest BCUT2D eigenvalue weighted by Crippen LogP contribution is -2.43. The molecule has 0 bridgehead atoms. The number of carbonyl (C=O) groups is 1. The molecule has 1 atom stereocenters. The Balaban J connectivity index is 1.45. The number of hydrogen-bond acceptors (Lipinski definition) is 7. The van der Waals surface area contributed by atoms with Crippen molar-refractivity contribution in [2.24, 2.45) is 5.92 Å². The number of piperidine rings is 1. The van der Waals surface area contributed by atoms with Crippen LogP contribution in [0.25, 0.3) is 0 Å². The number of amides is 1. The van der Waals surface area contributed by atoms with Crippen LogP contribution in [-0.2, 0) is 17.6 Å². The molecule has 1 amide bonds. The van der Waals surface area contributed by atoms with E-state index >= 15 is 0 Å². The van der Waals surface area contributed by atoms with Gasteiger partial charge in [0.2, 0.25) is 5.89 Å². The second-order valence-electron chi connectivity index (χ2n) is 7.09.